The van der Waals surface area contributed by atoms with Crippen LogP contribution in [0.25, 0.3) is 6.08 Å². The molecular formula is C19H19NO2S. The Hall–Kier alpha value is -2.04. The molecule has 0 fully saturated rings. The molecule has 2 N–H and O–H groups in total. The van der Waals surface area contributed by atoms with Crippen LogP contribution < -0.4 is 5.32 Å². The number of hydrogen-bond donors (Lipinski definition) is 2. The summed E-state index contributed by atoms with van der Waals surface area (Å²) < 4.78 is 0. The Balaban J connectivity index is 1.64. The van der Waals surface area contributed by atoms with E-state index in [-0.39, 0.29) is 12.5 Å². The average molecular weight is 325 g/mol. The number of hydrogen-bond acceptors (Lipinski definition) is 3. The highest BCUT2D eigenvalue weighted by Gasteiger charge is 2.34. The molecule has 0 saturated heterocycles. The molecule has 1 atom stereocenters. The van der Waals surface area contributed by atoms with E-state index in [0.717, 1.165) is 22.4 Å². The first kappa shape index (κ1) is 15.8. The van der Waals surface area contributed by atoms with Crippen LogP contribution in [0.4, 0.5) is 0 Å². The maximum absolute atomic E-state index is 12.0. The average Bonchev–Trinajstić information content (AvgIpc) is 2.60. The van der Waals surface area contributed by atoms with Crippen LogP contribution in [0, 0.1) is 0 Å². The predicted octanol–water partition coefficient (Wildman–Crippen LogP) is 2.95. The lowest BCUT2D eigenvalue weighted by Gasteiger charge is -2.34. The van der Waals surface area contributed by atoms with Crippen molar-refractivity contribution in [3.63, 3.8) is 0 Å². The van der Waals surface area contributed by atoms with E-state index in [2.05, 4.69) is 5.32 Å². The molecule has 1 aliphatic heterocycles. The Bertz CT molecular complexity index is 714. The second-order valence-electron chi connectivity index (χ2n) is 5.64. The molecule has 3 nitrogen and oxygen atoms in total. The highest BCUT2D eigenvalue weighted by atomic mass is 32.2. The second-order valence-corrected chi connectivity index (χ2v) is 6.63. The van der Waals surface area contributed by atoms with Crippen LogP contribution in [-0.2, 0) is 16.1 Å². The largest absolute Gasteiger partial charge is 0.382 e. The van der Waals surface area contributed by atoms with Crippen LogP contribution in [0.15, 0.2) is 60.7 Å². The molecule has 0 saturated carbocycles. The summed E-state index contributed by atoms with van der Waals surface area (Å²) in [5.74, 6) is 1.29. The summed E-state index contributed by atoms with van der Waals surface area (Å²) in [7, 11) is 0. The highest BCUT2D eigenvalue weighted by Crippen LogP contribution is 2.35. The molecule has 118 valence electrons. The van der Waals surface area contributed by atoms with Crippen LogP contribution >= 0.6 is 11.8 Å². The van der Waals surface area contributed by atoms with Crippen molar-refractivity contribution in [2.75, 3.05) is 12.3 Å². The standard InChI is InChI=1S/C19H19NO2S/c21-18(11-10-15-6-2-1-3-7-15)20-13-19(22)14-23-12-16-8-4-5-9-17(16)19/h1-11,22H,12-14H2,(H,20,21)/b11-10+. The molecule has 1 heterocycles. The van der Waals surface area contributed by atoms with Gasteiger partial charge in [-0.05, 0) is 22.8 Å². The lowest BCUT2D eigenvalue weighted by Crippen LogP contribution is -2.44. The van der Waals surface area contributed by atoms with Crippen molar-refractivity contribution in [3.05, 3.63) is 77.4 Å². The molecule has 1 unspecified atom stereocenters. The molecule has 0 spiro atoms. The number of amides is 1. The maximum Gasteiger partial charge on any atom is 0.244 e. The van der Waals surface area contributed by atoms with Gasteiger partial charge in [0.15, 0.2) is 0 Å². The minimum absolute atomic E-state index is 0.199. The summed E-state index contributed by atoms with van der Waals surface area (Å²) in [4.78, 5) is 12.0. The zero-order valence-electron chi connectivity index (χ0n) is 12.7. The molecule has 1 amide bonds. The minimum atomic E-state index is -1.00. The van der Waals surface area contributed by atoms with Crippen molar-refractivity contribution in [1.82, 2.24) is 5.32 Å². The molecule has 2 aromatic rings. The Kier molecular flexibility index (Phi) is 4.84. The first-order valence-corrected chi connectivity index (χ1v) is 8.72. The number of rotatable bonds is 4. The van der Waals surface area contributed by atoms with Gasteiger partial charge in [0.2, 0.25) is 5.91 Å². The van der Waals surface area contributed by atoms with Crippen molar-refractivity contribution < 1.29 is 9.90 Å². The summed E-state index contributed by atoms with van der Waals surface area (Å²) in [5, 5.41) is 13.7. The van der Waals surface area contributed by atoms with Gasteiger partial charge in [-0.15, -0.1) is 0 Å². The Morgan fingerprint density at radius 1 is 1.17 bits per heavy atom. The zero-order chi connectivity index (χ0) is 16.1. The summed E-state index contributed by atoms with van der Waals surface area (Å²) >= 11 is 1.69. The summed E-state index contributed by atoms with van der Waals surface area (Å²) in [6.45, 7) is 0.217. The monoisotopic (exact) mass is 325 g/mol. The SMILES string of the molecule is O=C(/C=C/c1ccccc1)NCC1(O)CSCc2ccccc21. The maximum atomic E-state index is 12.0. The van der Waals surface area contributed by atoms with Crippen molar-refractivity contribution in [2.24, 2.45) is 0 Å². The Morgan fingerprint density at radius 3 is 2.74 bits per heavy atom. The van der Waals surface area contributed by atoms with Gasteiger partial charge in [0, 0.05) is 17.6 Å². The van der Waals surface area contributed by atoms with Crippen molar-refractivity contribution in [1.29, 1.82) is 0 Å². The van der Waals surface area contributed by atoms with E-state index in [1.165, 1.54) is 6.08 Å². The van der Waals surface area contributed by atoms with Gasteiger partial charge in [-0.1, -0.05) is 54.6 Å². The van der Waals surface area contributed by atoms with Crippen LogP contribution in [0.3, 0.4) is 0 Å². The van der Waals surface area contributed by atoms with Crippen LogP contribution in [-0.4, -0.2) is 23.3 Å². The number of aliphatic hydroxyl groups is 1. The smallest absolute Gasteiger partial charge is 0.244 e. The third-order valence-corrected chi connectivity index (χ3v) is 5.10. The molecule has 0 aliphatic carbocycles. The van der Waals surface area contributed by atoms with Gasteiger partial charge >= 0.3 is 0 Å². The van der Waals surface area contributed by atoms with Gasteiger partial charge in [0.1, 0.15) is 5.60 Å². The van der Waals surface area contributed by atoms with E-state index in [1.807, 2.05) is 54.6 Å². The lowest BCUT2D eigenvalue weighted by atomic mass is 9.91. The number of carbonyl (C=O) groups excluding carboxylic acids is 1. The van der Waals surface area contributed by atoms with Gasteiger partial charge in [-0.2, -0.15) is 11.8 Å². The Labute approximate surface area is 140 Å². The second kappa shape index (κ2) is 7.02. The van der Waals surface area contributed by atoms with Crippen molar-refractivity contribution in [2.45, 2.75) is 11.4 Å². The van der Waals surface area contributed by atoms with Crippen molar-refractivity contribution >= 4 is 23.7 Å². The predicted molar refractivity (Wildman–Crippen MR) is 95.0 cm³/mol. The van der Waals surface area contributed by atoms with Crippen LogP contribution in [0.5, 0.6) is 0 Å². The molecule has 1 aliphatic rings. The van der Waals surface area contributed by atoms with E-state index in [9.17, 15) is 9.90 Å². The molecule has 3 rings (SSSR count). The fraction of sp³-hybridized carbons (Fsp3) is 0.211. The zero-order valence-corrected chi connectivity index (χ0v) is 13.6. The number of benzene rings is 2. The quantitative estimate of drug-likeness (QED) is 0.850. The molecular weight excluding hydrogens is 306 g/mol. The highest BCUT2D eigenvalue weighted by molar-refractivity contribution is 7.98. The van der Waals surface area contributed by atoms with E-state index < -0.39 is 5.60 Å². The minimum Gasteiger partial charge on any atom is -0.382 e. The van der Waals surface area contributed by atoms with Gasteiger partial charge in [-0.25, -0.2) is 0 Å². The number of carbonyl (C=O) groups is 1. The fourth-order valence-electron chi connectivity index (χ4n) is 2.68. The normalized spacial score (nSPS) is 20.2. The molecule has 23 heavy (non-hydrogen) atoms. The molecule has 0 radical (unpaired) electrons. The first-order valence-electron chi connectivity index (χ1n) is 7.57. The molecule has 0 bridgehead atoms. The van der Waals surface area contributed by atoms with Crippen molar-refractivity contribution in [3.8, 4) is 0 Å². The number of nitrogens with one attached hydrogen (secondary N) is 1. The topological polar surface area (TPSA) is 49.3 Å². The summed E-state index contributed by atoms with van der Waals surface area (Å²) in [6, 6.07) is 17.5. The summed E-state index contributed by atoms with van der Waals surface area (Å²) in [5.41, 5.74) is 2.03. The molecule has 2 aromatic carbocycles. The fourth-order valence-corrected chi connectivity index (χ4v) is 3.85. The van der Waals surface area contributed by atoms with E-state index in [0.29, 0.717) is 5.75 Å². The first-order chi connectivity index (χ1) is 11.2. The molecule has 0 aromatic heterocycles. The number of thioether (sulfide) groups is 1. The Morgan fingerprint density at radius 2 is 1.91 bits per heavy atom. The van der Waals surface area contributed by atoms with Gasteiger partial charge < -0.3 is 10.4 Å². The lowest BCUT2D eigenvalue weighted by molar-refractivity contribution is -0.117. The van der Waals surface area contributed by atoms with E-state index in [4.69, 9.17) is 0 Å². The van der Waals surface area contributed by atoms with E-state index in [1.54, 1.807) is 17.8 Å². The van der Waals surface area contributed by atoms with Gasteiger partial charge in [-0.3, -0.25) is 4.79 Å². The molecule has 4 heteroatoms. The van der Waals surface area contributed by atoms with Gasteiger partial charge in [0.25, 0.3) is 0 Å². The van der Waals surface area contributed by atoms with Gasteiger partial charge in [0.05, 0.1) is 6.54 Å². The van der Waals surface area contributed by atoms with E-state index >= 15 is 0 Å². The van der Waals surface area contributed by atoms with Crippen LogP contribution in [0.2, 0.25) is 0 Å². The third-order valence-electron chi connectivity index (χ3n) is 3.90. The third kappa shape index (κ3) is 3.84. The van der Waals surface area contributed by atoms with Crippen LogP contribution in [0.1, 0.15) is 16.7 Å². The number of fused-ring (bicyclic) bond motifs is 1. The summed E-state index contributed by atoms with van der Waals surface area (Å²) in [6.07, 6.45) is 3.27.